The van der Waals surface area contributed by atoms with Gasteiger partial charge in [0.15, 0.2) is 5.82 Å². The maximum Gasteiger partial charge on any atom is 0.319 e. The van der Waals surface area contributed by atoms with Gasteiger partial charge in [0.1, 0.15) is 42.3 Å². The number of aliphatic hydroxyl groups is 1. The van der Waals surface area contributed by atoms with Gasteiger partial charge < -0.3 is 30.5 Å². The Hall–Kier alpha value is -2.66. The highest BCUT2D eigenvalue weighted by molar-refractivity contribution is 14.1. The molecule has 4 aliphatic heterocycles. The molecule has 0 spiro atoms. The molecule has 8 rings (SSSR count). The minimum atomic E-state index is -0.927. The summed E-state index contributed by atoms with van der Waals surface area (Å²) in [4.78, 5) is 13.8. The number of ether oxygens (including phenoxy) is 2. The van der Waals surface area contributed by atoms with Crippen LogP contribution in [-0.4, -0.2) is 89.8 Å². The zero-order chi connectivity index (χ0) is 32.6. The number of hydrogen-bond donors (Lipinski definition) is 3. The molecule has 0 amide bonds. The SMILES string of the molecule is CC(O)C1COc2c(I)c(-c3ccc(F)c4sc(N)cc34)c(F)c3nc(OC[C@@]45CCCN4C[C@H](F)C5)nc(c23)N1CC1CCNC1. The predicted octanol–water partition coefficient (Wildman–Crippen LogP) is 5.49. The van der Waals surface area contributed by atoms with Gasteiger partial charge in [-0.25, -0.2) is 13.2 Å². The molecule has 3 fully saturated rings. The van der Waals surface area contributed by atoms with Gasteiger partial charge in [-0.05, 0) is 92.0 Å². The molecule has 3 saturated heterocycles. The van der Waals surface area contributed by atoms with Crippen molar-refractivity contribution < 1.29 is 27.8 Å². The highest BCUT2D eigenvalue weighted by Gasteiger charge is 2.49. The van der Waals surface area contributed by atoms with E-state index in [1.807, 2.05) is 4.90 Å². The Morgan fingerprint density at radius 2 is 2.17 bits per heavy atom. The van der Waals surface area contributed by atoms with Crippen molar-refractivity contribution in [3.05, 3.63) is 33.4 Å². The number of anilines is 2. The van der Waals surface area contributed by atoms with Crippen molar-refractivity contribution in [2.75, 3.05) is 56.6 Å². The average molecular weight is 781 g/mol. The third kappa shape index (κ3) is 5.29. The summed E-state index contributed by atoms with van der Waals surface area (Å²) in [6, 6.07) is 4.02. The summed E-state index contributed by atoms with van der Waals surface area (Å²) in [5.41, 5.74) is 6.32. The molecule has 3 unspecified atom stereocenters. The largest absolute Gasteiger partial charge is 0.489 e. The Kier molecular flexibility index (Phi) is 8.09. The van der Waals surface area contributed by atoms with E-state index in [1.165, 1.54) is 6.07 Å². The van der Waals surface area contributed by atoms with Crippen molar-refractivity contribution >= 4 is 65.7 Å². The number of benzene rings is 2. The molecule has 4 aromatic rings. The molecule has 4 aliphatic rings. The number of nitrogens with zero attached hydrogens (tertiary/aromatic N) is 4. The van der Waals surface area contributed by atoms with Crippen LogP contribution in [0.15, 0.2) is 18.2 Å². The molecule has 0 radical (unpaired) electrons. The highest BCUT2D eigenvalue weighted by atomic mass is 127. The van der Waals surface area contributed by atoms with Crippen LogP contribution in [0.2, 0.25) is 0 Å². The number of thiophene rings is 1. The van der Waals surface area contributed by atoms with E-state index in [2.05, 4.69) is 37.8 Å². The average Bonchev–Trinajstić information content (AvgIpc) is 3.81. The van der Waals surface area contributed by atoms with E-state index in [0.29, 0.717) is 60.7 Å². The van der Waals surface area contributed by atoms with Gasteiger partial charge in [-0.15, -0.1) is 11.3 Å². The van der Waals surface area contributed by atoms with E-state index >= 15 is 4.39 Å². The summed E-state index contributed by atoms with van der Waals surface area (Å²) in [5, 5.41) is 15.8. The minimum Gasteiger partial charge on any atom is -0.489 e. The first-order chi connectivity index (χ1) is 22.6. The van der Waals surface area contributed by atoms with E-state index < -0.39 is 35.5 Å². The number of nitrogens with one attached hydrogen (secondary N) is 1. The minimum absolute atomic E-state index is 0.00690. The molecular weight excluding hydrogens is 744 g/mol. The molecule has 4 N–H and O–H groups in total. The van der Waals surface area contributed by atoms with Crippen molar-refractivity contribution in [1.82, 2.24) is 20.2 Å². The third-order valence-electron chi connectivity index (χ3n) is 10.3. The third-order valence-corrected chi connectivity index (χ3v) is 12.3. The summed E-state index contributed by atoms with van der Waals surface area (Å²) in [7, 11) is 0. The number of halogens is 4. The molecule has 47 heavy (non-hydrogen) atoms. The topological polar surface area (TPSA) is 109 Å². The lowest BCUT2D eigenvalue weighted by Gasteiger charge is -2.35. The zero-order valence-electron chi connectivity index (χ0n) is 25.9. The maximum atomic E-state index is 17.2. The van der Waals surface area contributed by atoms with Gasteiger partial charge in [0, 0.05) is 30.5 Å². The first-order valence-corrected chi connectivity index (χ1v) is 18.0. The summed E-state index contributed by atoms with van der Waals surface area (Å²) in [5.74, 6) is 0.0480. The van der Waals surface area contributed by atoms with Crippen molar-refractivity contribution in [1.29, 1.82) is 0 Å². The van der Waals surface area contributed by atoms with Crippen LogP contribution in [0.3, 0.4) is 0 Å². The molecule has 0 saturated carbocycles. The fourth-order valence-electron chi connectivity index (χ4n) is 8.04. The van der Waals surface area contributed by atoms with Gasteiger partial charge in [-0.3, -0.25) is 4.90 Å². The lowest BCUT2D eigenvalue weighted by Crippen LogP contribution is -2.48. The monoisotopic (exact) mass is 780 g/mol. The predicted molar refractivity (Wildman–Crippen MR) is 185 cm³/mol. The normalized spacial score (nSPS) is 26.6. The van der Waals surface area contributed by atoms with Crippen molar-refractivity contribution in [3.63, 3.8) is 0 Å². The quantitative estimate of drug-likeness (QED) is 0.210. The summed E-state index contributed by atoms with van der Waals surface area (Å²) in [6.45, 7) is 5.47. The Labute approximate surface area is 287 Å². The highest BCUT2D eigenvalue weighted by Crippen LogP contribution is 2.49. The van der Waals surface area contributed by atoms with Gasteiger partial charge in [-0.1, -0.05) is 6.07 Å². The van der Waals surface area contributed by atoms with Gasteiger partial charge >= 0.3 is 6.01 Å². The van der Waals surface area contributed by atoms with E-state index in [4.69, 9.17) is 20.2 Å². The van der Waals surface area contributed by atoms with Gasteiger partial charge in [-0.2, -0.15) is 9.97 Å². The van der Waals surface area contributed by atoms with Crippen LogP contribution in [0, 0.1) is 21.1 Å². The van der Waals surface area contributed by atoms with E-state index in [9.17, 15) is 13.9 Å². The standard InChI is InChI=1S/C33H36F3IN6O3S/c1-16(44)22-14-45-29-25-28(26(36)24(27(29)37)19-3-4-21(35)30-20(19)9-23(38)47-30)40-32(41-31(25)43(22)12-17-5-7-39-11-17)46-15-33-6-2-8-42(33)13-18(34)10-33/h3-4,9,16-18,22,39,44H,2,5-8,10-15,38H2,1H3/t16?,17?,18-,22?,33+/m1/s1. The number of nitrogens with two attached hydrogens (primary N) is 1. The number of aromatic nitrogens is 2. The molecule has 0 aliphatic carbocycles. The Balaban J connectivity index is 1.33. The molecule has 0 bridgehead atoms. The van der Waals surface area contributed by atoms with Crippen LogP contribution >= 0.6 is 33.9 Å². The van der Waals surface area contributed by atoms with Crippen molar-refractivity contribution in [2.45, 2.75) is 56.5 Å². The fourth-order valence-corrected chi connectivity index (χ4v) is 9.85. The number of hydrogen-bond acceptors (Lipinski definition) is 10. The summed E-state index contributed by atoms with van der Waals surface area (Å²) >= 11 is 3.19. The smallest absolute Gasteiger partial charge is 0.319 e. The van der Waals surface area contributed by atoms with Crippen LogP contribution in [0.4, 0.5) is 24.0 Å². The first kappa shape index (κ1) is 31.6. The Morgan fingerprint density at radius 3 is 2.96 bits per heavy atom. The first-order valence-electron chi connectivity index (χ1n) is 16.1. The van der Waals surface area contributed by atoms with Crippen molar-refractivity contribution in [2.24, 2.45) is 5.92 Å². The molecule has 6 heterocycles. The van der Waals surface area contributed by atoms with E-state index in [-0.39, 0.29) is 36.2 Å². The van der Waals surface area contributed by atoms with Crippen LogP contribution in [-0.2, 0) is 0 Å². The van der Waals surface area contributed by atoms with Crippen LogP contribution in [0.1, 0.15) is 32.6 Å². The number of fused-ring (bicyclic) bond motifs is 2. The fraction of sp³-hybridized carbons (Fsp3) is 0.515. The van der Waals surface area contributed by atoms with Crippen LogP contribution in [0.5, 0.6) is 11.8 Å². The molecule has 250 valence electrons. The second kappa shape index (κ2) is 12.0. The Bertz CT molecular complexity index is 1870. The number of rotatable bonds is 7. The molecule has 9 nitrogen and oxygen atoms in total. The number of aliphatic hydroxyl groups excluding tert-OH is 1. The van der Waals surface area contributed by atoms with Gasteiger partial charge in [0.05, 0.1) is 36.3 Å². The number of alkyl halides is 1. The second-order valence-electron chi connectivity index (χ2n) is 13.4. The van der Waals surface area contributed by atoms with Crippen molar-refractivity contribution in [3.8, 4) is 22.9 Å². The molecule has 5 atom stereocenters. The van der Waals surface area contributed by atoms with E-state index in [1.54, 1.807) is 19.1 Å². The number of nitrogen functional groups attached to an aromatic ring is 1. The molecule has 14 heteroatoms. The second-order valence-corrected chi connectivity index (χ2v) is 15.5. The van der Waals surface area contributed by atoms with Crippen LogP contribution < -0.4 is 25.4 Å². The van der Waals surface area contributed by atoms with Gasteiger partial charge in [0.2, 0.25) is 0 Å². The van der Waals surface area contributed by atoms with E-state index in [0.717, 1.165) is 50.2 Å². The lowest BCUT2D eigenvalue weighted by atomic mass is 9.95. The Morgan fingerprint density at radius 1 is 1.32 bits per heavy atom. The molecular formula is C33H36F3IN6O3S. The molecule has 2 aromatic heterocycles. The van der Waals surface area contributed by atoms with Crippen LogP contribution in [0.25, 0.3) is 32.1 Å². The summed E-state index contributed by atoms with van der Waals surface area (Å²) in [6.07, 6.45) is 1.35. The molecule has 2 aromatic carbocycles. The zero-order valence-corrected chi connectivity index (χ0v) is 28.8. The van der Waals surface area contributed by atoms with Gasteiger partial charge in [0.25, 0.3) is 0 Å². The lowest BCUT2D eigenvalue weighted by molar-refractivity contribution is 0.107. The summed E-state index contributed by atoms with van der Waals surface area (Å²) < 4.78 is 60.3. The maximum absolute atomic E-state index is 17.2.